The minimum absolute atomic E-state index is 0.00756. The number of pyridine rings is 1. The van der Waals surface area contributed by atoms with E-state index in [9.17, 15) is 27.6 Å². The Hall–Kier alpha value is -3.58. The molecular weight excluding hydrogens is 576 g/mol. The maximum absolute atomic E-state index is 15.7. The highest BCUT2D eigenvalue weighted by molar-refractivity contribution is 6.04. The van der Waals surface area contributed by atoms with Crippen LogP contribution in [-0.4, -0.2) is 63.2 Å². The highest BCUT2D eigenvalue weighted by Gasteiger charge is 2.38. The fraction of sp³-hybridized carbons (Fsp3) is 0.533. The Morgan fingerprint density at radius 2 is 1.65 bits per heavy atom. The van der Waals surface area contributed by atoms with Crippen LogP contribution in [0.25, 0.3) is 0 Å². The summed E-state index contributed by atoms with van der Waals surface area (Å²) >= 11 is 0. The van der Waals surface area contributed by atoms with Crippen molar-refractivity contribution in [2.45, 2.75) is 58.2 Å². The van der Waals surface area contributed by atoms with Crippen LogP contribution in [0.1, 0.15) is 61.0 Å². The van der Waals surface area contributed by atoms with Crippen LogP contribution in [0.5, 0.6) is 11.6 Å². The number of nitrogens with zero attached hydrogens (tertiary/aromatic N) is 2. The topological polar surface area (TPSA) is 104 Å². The Bertz CT molecular complexity index is 1300. The lowest BCUT2D eigenvalue weighted by atomic mass is 9.82. The number of carbonyl (C=O) groups excluding carboxylic acids is 3. The average Bonchev–Trinajstić information content (AvgIpc) is 2.94. The van der Waals surface area contributed by atoms with Crippen molar-refractivity contribution in [3.63, 3.8) is 0 Å². The van der Waals surface area contributed by atoms with E-state index in [4.69, 9.17) is 18.9 Å². The fourth-order valence-corrected chi connectivity index (χ4v) is 5.14. The Morgan fingerprint density at radius 3 is 2.19 bits per heavy atom. The maximum Gasteiger partial charge on any atom is 0.421 e. The summed E-state index contributed by atoms with van der Waals surface area (Å²) in [6, 6.07) is 1.65. The largest absolute Gasteiger partial charge is 0.465 e. The second-order valence-electron chi connectivity index (χ2n) is 10.7. The van der Waals surface area contributed by atoms with Gasteiger partial charge in [0, 0.05) is 44.9 Å². The third-order valence-corrected chi connectivity index (χ3v) is 7.27. The van der Waals surface area contributed by atoms with Crippen molar-refractivity contribution in [3.8, 4) is 11.6 Å². The Kier molecular flexibility index (Phi) is 11.6. The molecule has 3 rings (SSSR count). The highest BCUT2D eigenvalue weighted by atomic mass is 19.4. The predicted molar refractivity (Wildman–Crippen MR) is 148 cm³/mol. The molecule has 9 nitrogen and oxygen atoms in total. The predicted octanol–water partition coefficient (Wildman–Crippen LogP) is 5.77. The molecule has 1 aliphatic rings. The van der Waals surface area contributed by atoms with Gasteiger partial charge in [0.05, 0.1) is 37.6 Å². The summed E-state index contributed by atoms with van der Waals surface area (Å²) in [5.74, 6) is -4.60. The van der Waals surface area contributed by atoms with E-state index in [1.165, 1.54) is 26.0 Å². The number of halogens is 4. The van der Waals surface area contributed by atoms with Crippen LogP contribution < -0.4 is 9.64 Å². The van der Waals surface area contributed by atoms with Crippen molar-refractivity contribution >= 4 is 23.3 Å². The number of ketones is 1. The summed E-state index contributed by atoms with van der Waals surface area (Å²) in [6.45, 7) is 3.27. The van der Waals surface area contributed by atoms with Gasteiger partial charge in [-0.3, -0.25) is 9.59 Å². The number of rotatable bonds is 12. The zero-order valence-corrected chi connectivity index (χ0v) is 24.8. The van der Waals surface area contributed by atoms with Crippen molar-refractivity contribution in [1.82, 2.24) is 4.98 Å². The van der Waals surface area contributed by atoms with Crippen LogP contribution in [0.2, 0.25) is 0 Å². The van der Waals surface area contributed by atoms with Crippen LogP contribution in [0.3, 0.4) is 0 Å². The molecule has 0 unspecified atom stereocenters. The summed E-state index contributed by atoms with van der Waals surface area (Å²) in [5.41, 5.74) is -1.83. The van der Waals surface area contributed by atoms with Crippen molar-refractivity contribution in [2.75, 3.05) is 39.4 Å². The van der Waals surface area contributed by atoms with E-state index >= 15 is 4.39 Å². The molecular formula is C30H36F4N2O7. The van der Waals surface area contributed by atoms with Crippen LogP contribution in [0.4, 0.5) is 23.2 Å². The van der Waals surface area contributed by atoms with Gasteiger partial charge < -0.3 is 23.8 Å². The number of alkyl halides is 3. The molecule has 0 atom stereocenters. The van der Waals surface area contributed by atoms with Crippen LogP contribution in [-0.2, 0) is 36.4 Å². The molecule has 0 bridgehead atoms. The molecule has 0 N–H and O–H groups in total. The molecule has 43 heavy (non-hydrogen) atoms. The Balaban J connectivity index is 2.15. The van der Waals surface area contributed by atoms with Gasteiger partial charge in [0.15, 0.2) is 11.6 Å². The zero-order valence-electron chi connectivity index (χ0n) is 24.8. The first kappa shape index (κ1) is 33.9. The summed E-state index contributed by atoms with van der Waals surface area (Å²) in [6.07, 6.45) is -1.42. The van der Waals surface area contributed by atoms with Crippen molar-refractivity contribution in [1.29, 1.82) is 0 Å². The first-order valence-electron chi connectivity index (χ1n) is 13.8. The lowest BCUT2D eigenvalue weighted by Gasteiger charge is -2.36. The molecule has 1 heterocycles. The average molecular weight is 613 g/mol. The molecule has 236 valence electrons. The lowest BCUT2D eigenvalue weighted by molar-refractivity contribution is -0.139. The number of benzene rings is 1. The second-order valence-corrected chi connectivity index (χ2v) is 10.7. The molecule has 0 aliphatic heterocycles. The molecule has 1 saturated carbocycles. The van der Waals surface area contributed by atoms with Gasteiger partial charge in [-0.15, -0.1) is 0 Å². The van der Waals surface area contributed by atoms with Crippen molar-refractivity contribution < 1.29 is 50.9 Å². The monoisotopic (exact) mass is 612 g/mol. The Morgan fingerprint density at radius 1 is 1.02 bits per heavy atom. The molecule has 0 radical (unpaired) electrons. The second kappa shape index (κ2) is 14.7. The minimum Gasteiger partial charge on any atom is -0.465 e. The number of methoxy groups -OCH3 is 3. The van der Waals surface area contributed by atoms with Gasteiger partial charge in [0.2, 0.25) is 11.8 Å². The van der Waals surface area contributed by atoms with E-state index in [1.54, 1.807) is 0 Å². The van der Waals surface area contributed by atoms with Gasteiger partial charge in [-0.05, 0) is 50.2 Å². The molecule has 0 spiro atoms. The number of esters is 1. The van der Waals surface area contributed by atoms with Crippen LogP contribution in [0.15, 0.2) is 24.4 Å². The van der Waals surface area contributed by atoms with Gasteiger partial charge in [-0.1, -0.05) is 6.92 Å². The zero-order chi connectivity index (χ0) is 31.9. The molecule has 1 aromatic heterocycles. The smallest absolute Gasteiger partial charge is 0.421 e. The van der Waals surface area contributed by atoms with Gasteiger partial charge >= 0.3 is 12.1 Å². The summed E-state index contributed by atoms with van der Waals surface area (Å²) in [5, 5.41) is 0. The molecule has 2 aromatic rings. The molecule has 0 saturated heterocycles. The van der Waals surface area contributed by atoms with Gasteiger partial charge in [-0.2, -0.15) is 13.2 Å². The Labute approximate surface area is 247 Å². The molecule has 1 fully saturated rings. The quantitative estimate of drug-likeness (QED) is 0.220. The van der Waals surface area contributed by atoms with Gasteiger partial charge in [-0.25, -0.2) is 14.2 Å². The van der Waals surface area contributed by atoms with Gasteiger partial charge in [0.25, 0.3) is 0 Å². The fourth-order valence-electron chi connectivity index (χ4n) is 5.14. The first-order valence-corrected chi connectivity index (χ1v) is 13.8. The molecule has 1 amide bonds. The number of hydrogen-bond donors (Lipinski definition) is 0. The highest BCUT2D eigenvalue weighted by Crippen LogP contribution is 2.40. The molecule has 1 aliphatic carbocycles. The first-order chi connectivity index (χ1) is 20.3. The summed E-state index contributed by atoms with van der Waals surface area (Å²) in [4.78, 5) is 43.3. The van der Waals surface area contributed by atoms with E-state index in [2.05, 4.69) is 11.9 Å². The van der Waals surface area contributed by atoms with Crippen LogP contribution in [0, 0.1) is 17.7 Å². The number of ether oxygens (including phenoxy) is 4. The standard InChI is InChI=1S/C30H36F4N2O7/c1-17-6-8-20(9-7-17)28(38)36(21(15-40-3)16-41-4)25-13-24(31)26(12-22(25)29(39)42-5)43-27-23(30(32,33)34)11-19(14-35-27)10-18(2)37/h11-14,17,20-21H,6-10,15-16H2,1-5H3/t17-,20-. The number of aromatic nitrogens is 1. The number of anilines is 1. The van der Waals surface area contributed by atoms with E-state index in [0.717, 1.165) is 38.3 Å². The number of carbonyl (C=O) groups is 3. The molecule has 1 aromatic carbocycles. The van der Waals surface area contributed by atoms with Crippen molar-refractivity contribution in [2.24, 2.45) is 11.8 Å². The normalized spacial score (nSPS) is 17.1. The SMILES string of the molecule is COCC(COC)N(c1cc(F)c(Oc2ncc(CC(C)=O)cc2C(F)(F)F)cc1C(=O)OC)C(=O)[C@H]1CC[C@H](C)CC1. The van der Waals surface area contributed by atoms with Crippen LogP contribution >= 0.6 is 0 Å². The van der Waals surface area contributed by atoms with Gasteiger partial charge in [0.1, 0.15) is 11.3 Å². The number of hydrogen-bond acceptors (Lipinski definition) is 8. The summed E-state index contributed by atoms with van der Waals surface area (Å²) < 4.78 is 78.1. The number of amides is 1. The van der Waals surface area contributed by atoms with E-state index < -0.39 is 47.1 Å². The maximum atomic E-state index is 15.7. The van der Waals surface area contributed by atoms with E-state index in [0.29, 0.717) is 24.8 Å². The van der Waals surface area contributed by atoms with Crippen molar-refractivity contribution in [3.05, 3.63) is 46.9 Å². The lowest BCUT2D eigenvalue weighted by Crippen LogP contribution is -2.49. The summed E-state index contributed by atoms with van der Waals surface area (Å²) in [7, 11) is 3.90. The minimum atomic E-state index is -4.95. The molecule has 13 heteroatoms. The third-order valence-electron chi connectivity index (χ3n) is 7.27. The number of Topliss-reactive ketones (excluding diaryl/α,β-unsaturated/α-hetero) is 1. The third kappa shape index (κ3) is 8.50. The van der Waals surface area contributed by atoms with E-state index in [1.807, 2.05) is 0 Å². The van der Waals surface area contributed by atoms with E-state index in [-0.39, 0.29) is 48.1 Å².